The van der Waals surface area contributed by atoms with Gasteiger partial charge >= 0.3 is 5.97 Å². The molecule has 0 bridgehead atoms. The number of rotatable bonds is 5. The molecule has 0 heterocycles. The van der Waals surface area contributed by atoms with Crippen LogP contribution >= 0.6 is 9.24 Å². The molecule has 1 saturated carbocycles. The van der Waals surface area contributed by atoms with E-state index < -0.39 is 5.16 Å². The number of hydrogen-bond acceptors (Lipinski definition) is 2. The summed E-state index contributed by atoms with van der Waals surface area (Å²) >= 11 is 0. The van der Waals surface area contributed by atoms with Gasteiger partial charge in [-0.15, -0.1) is 9.24 Å². The minimum atomic E-state index is -0.437. The fourth-order valence-corrected chi connectivity index (χ4v) is 3.50. The molecule has 0 N–H and O–H groups in total. The average Bonchev–Trinajstić information content (AvgIpc) is 2.28. The molecular formula is C15H29O2P. The van der Waals surface area contributed by atoms with Gasteiger partial charge in [-0.25, -0.2) is 0 Å². The van der Waals surface area contributed by atoms with Gasteiger partial charge in [-0.05, 0) is 51.4 Å². The largest absolute Gasteiger partial charge is 0.458 e. The lowest BCUT2D eigenvalue weighted by Crippen LogP contribution is -2.42. The van der Waals surface area contributed by atoms with Crippen LogP contribution in [0.1, 0.15) is 72.6 Å². The molecule has 18 heavy (non-hydrogen) atoms. The number of carbonyl (C=O) groups is 1. The normalized spacial score (nSPS) is 22.6. The van der Waals surface area contributed by atoms with E-state index in [-0.39, 0.29) is 11.6 Å². The van der Waals surface area contributed by atoms with Crippen molar-refractivity contribution >= 4 is 15.2 Å². The third kappa shape index (κ3) is 4.23. The molecule has 0 aromatic rings. The van der Waals surface area contributed by atoms with E-state index in [1.54, 1.807) is 0 Å². The van der Waals surface area contributed by atoms with E-state index in [0.29, 0.717) is 5.92 Å². The summed E-state index contributed by atoms with van der Waals surface area (Å²) in [5, 5.41) is -0.437. The zero-order chi connectivity index (χ0) is 13.8. The van der Waals surface area contributed by atoms with Crippen LogP contribution in [0.15, 0.2) is 0 Å². The summed E-state index contributed by atoms with van der Waals surface area (Å²) in [5.74, 6) is 0.467. The predicted molar refractivity (Wildman–Crippen MR) is 79.8 cm³/mol. The molecule has 0 spiro atoms. The Bertz CT molecular complexity index is 278. The van der Waals surface area contributed by atoms with Crippen molar-refractivity contribution in [3.63, 3.8) is 0 Å². The smallest absolute Gasteiger partial charge is 0.316 e. The molecule has 1 aliphatic carbocycles. The van der Waals surface area contributed by atoms with E-state index in [2.05, 4.69) is 30.0 Å². The number of carbonyl (C=O) groups excluding carboxylic acids is 1. The monoisotopic (exact) mass is 272 g/mol. The van der Waals surface area contributed by atoms with Gasteiger partial charge in [0.2, 0.25) is 0 Å². The van der Waals surface area contributed by atoms with Crippen LogP contribution in [0.3, 0.4) is 0 Å². The van der Waals surface area contributed by atoms with Crippen LogP contribution in [0.4, 0.5) is 0 Å². The van der Waals surface area contributed by atoms with Crippen molar-refractivity contribution in [2.75, 3.05) is 0 Å². The molecule has 1 fully saturated rings. The first-order valence-corrected chi connectivity index (χ1v) is 7.91. The number of esters is 1. The second kappa shape index (κ2) is 6.37. The topological polar surface area (TPSA) is 26.3 Å². The first-order valence-electron chi connectivity index (χ1n) is 7.34. The van der Waals surface area contributed by atoms with E-state index in [4.69, 9.17) is 4.74 Å². The van der Waals surface area contributed by atoms with Crippen LogP contribution in [-0.2, 0) is 9.53 Å². The first-order chi connectivity index (χ1) is 8.31. The Hall–Kier alpha value is -0.100. The summed E-state index contributed by atoms with van der Waals surface area (Å²) in [6.45, 7) is 8.41. The highest BCUT2D eigenvalue weighted by atomic mass is 31.0. The maximum absolute atomic E-state index is 12.4. The Morgan fingerprint density at radius 1 is 1.33 bits per heavy atom. The maximum atomic E-state index is 12.4. The fraction of sp³-hybridized carbons (Fsp3) is 0.933. The minimum Gasteiger partial charge on any atom is -0.458 e. The van der Waals surface area contributed by atoms with Gasteiger partial charge in [0.1, 0.15) is 5.60 Å². The van der Waals surface area contributed by atoms with E-state index in [1.807, 2.05) is 6.92 Å². The second-order valence-corrected chi connectivity index (χ2v) is 7.78. The zero-order valence-electron chi connectivity index (χ0n) is 12.4. The van der Waals surface area contributed by atoms with E-state index in [0.717, 1.165) is 25.7 Å². The first kappa shape index (κ1) is 16.0. The van der Waals surface area contributed by atoms with Crippen LogP contribution < -0.4 is 0 Å². The SMILES string of the molecule is CCC1(OC(=O)C(C)(P)CC(C)C)CCCCC1. The summed E-state index contributed by atoms with van der Waals surface area (Å²) in [6, 6.07) is 0. The molecule has 0 aromatic carbocycles. The van der Waals surface area contributed by atoms with Gasteiger partial charge in [-0.2, -0.15) is 0 Å². The summed E-state index contributed by atoms with van der Waals surface area (Å²) in [7, 11) is 2.70. The lowest BCUT2D eigenvalue weighted by Gasteiger charge is -2.38. The number of hydrogen-bond donors (Lipinski definition) is 0. The summed E-state index contributed by atoms with van der Waals surface area (Å²) in [6.07, 6.45) is 7.55. The van der Waals surface area contributed by atoms with Gasteiger partial charge in [-0.3, -0.25) is 4.79 Å². The Labute approximate surface area is 114 Å². The van der Waals surface area contributed by atoms with Gasteiger partial charge in [-0.1, -0.05) is 27.2 Å². The van der Waals surface area contributed by atoms with Crippen molar-refractivity contribution in [2.45, 2.75) is 83.4 Å². The molecule has 1 aliphatic rings. The Morgan fingerprint density at radius 2 is 1.89 bits per heavy atom. The fourth-order valence-electron chi connectivity index (χ4n) is 2.97. The third-order valence-electron chi connectivity index (χ3n) is 4.02. The quantitative estimate of drug-likeness (QED) is 0.550. The van der Waals surface area contributed by atoms with Crippen molar-refractivity contribution in [3.05, 3.63) is 0 Å². The van der Waals surface area contributed by atoms with E-state index in [1.165, 1.54) is 19.3 Å². The molecule has 0 aliphatic heterocycles. The van der Waals surface area contributed by atoms with Crippen molar-refractivity contribution in [2.24, 2.45) is 5.92 Å². The van der Waals surface area contributed by atoms with Gasteiger partial charge in [0, 0.05) is 0 Å². The lowest BCUT2D eigenvalue weighted by molar-refractivity contribution is -0.167. The Kier molecular flexibility index (Phi) is 5.65. The summed E-state index contributed by atoms with van der Waals surface area (Å²) in [4.78, 5) is 12.4. The third-order valence-corrected chi connectivity index (χ3v) is 4.49. The van der Waals surface area contributed by atoms with Gasteiger partial charge < -0.3 is 4.74 Å². The predicted octanol–water partition coefficient (Wildman–Crippen LogP) is 4.32. The number of ether oxygens (including phenoxy) is 1. The van der Waals surface area contributed by atoms with Gasteiger partial charge in [0.25, 0.3) is 0 Å². The van der Waals surface area contributed by atoms with Crippen molar-refractivity contribution in [1.29, 1.82) is 0 Å². The van der Waals surface area contributed by atoms with Crippen molar-refractivity contribution in [3.8, 4) is 0 Å². The highest BCUT2D eigenvalue weighted by Gasteiger charge is 2.39. The molecule has 3 heteroatoms. The van der Waals surface area contributed by atoms with Crippen LogP contribution in [0.2, 0.25) is 0 Å². The second-order valence-electron chi connectivity index (χ2n) is 6.50. The molecule has 0 saturated heterocycles. The summed E-state index contributed by atoms with van der Waals surface area (Å²) < 4.78 is 5.93. The molecule has 0 amide bonds. The highest BCUT2D eigenvalue weighted by molar-refractivity contribution is 7.20. The van der Waals surface area contributed by atoms with Crippen LogP contribution in [0, 0.1) is 5.92 Å². The molecule has 2 nitrogen and oxygen atoms in total. The Morgan fingerprint density at radius 3 is 2.33 bits per heavy atom. The van der Waals surface area contributed by atoms with Gasteiger partial charge in [0.05, 0.1) is 5.16 Å². The Balaban J connectivity index is 2.66. The maximum Gasteiger partial charge on any atom is 0.316 e. The highest BCUT2D eigenvalue weighted by Crippen LogP contribution is 2.37. The zero-order valence-corrected chi connectivity index (χ0v) is 13.6. The molecule has 2 unspecified atom stereocenters. The standard InChI is InChI=1S/C15H29O2P/c1-5-15(9-7-6-8-10-15)17-13(16)14(4,18)11-12(2)3/h12H,5-11,18H2,1-4H3. The van der Waals surface area contributed by atoms with Gasteiger partial charge in [0.15, 0.2) is 0 Å². The molecular weight excluding hydrogens is 243 g/mol. The molecule has 1 rings (SSSR count). The van der Waals surface area contributed by atoms with E-state index in [9.17, 15) is 4.79 Å². The van der Waals surface area contributed by atoms with Crippen LogP contribution in [0.5, 0.6) is 0 Å². The minimum absolute atomic E-state index is 0.0371. The van der Waals surface area contributed by atoms with Crippen LogP contribution in [-0.4, -0.2) is 16.7 Å². The van der Waals surface area contributed by atoms with E-state index >= 15 is 0 Å². The molecule has 0 radical (unpaired) electrons. The van der Waals surface area contributed by atoms with Crippen LogP contribution in [0.25, 0.3) is 0 Å². The average molecular weight is 272 g/mol. The molecule has 0 aromatic heterocycles. The summed E-state index contributed by atoms with van der Waals surface area (Å²) in [5.41, 5.74) is -0.176. The van der Waals surface area contributed by atoms with Crippen molar-refractivity contribution < 1.29 is 9.53 Å². The molecule has 2 atom stereocenters. The van der Waals surface area contributed by atoms with Crippen molar-refractivity contribution in [1.82, 2.24) is 0 Å². The molecule has 106 valence electrons. The lowest BCUT2D eigenvalue weighted by atomic mass is 9.82.